The van der Waals surface area contributed by atoms with Gasteiger partial charge in [0.2, 0.25) is 0 Å². The van der Waals surface area contributed by atoms with Gasteiger partial charge in [0.1, 0.15) is 32.5 Å². The van der Waals surface area contributed by atoms with Gasteiger partial charge in [-0.2, -0.15) is 16.8 Å². The summed E-state index contributed by atoms with van der Waals surface area (Å²) in [6.45, 7) is 0. The number of nitrogens with zero attached hydrogens (tertiary/aromatic N) is 4. The van der Waals surface area contributed by atoms with Crippen LogP contribution in [0.4, 0.5) is 34.1 Å². The first-order valence-corrected chi connectivity index (χ1v) is 20.0. The van der Waals surface area contributed by atoms with Crippen LogP contribution in [0.1, 0.15) is 0 Å². The van der Waals surface area contributed by atoms with E-state index in [4.69, 9.17) is 11.5 Å². The fourth-order valence-electron chi connectivity index (χ4n) is 5.22. The molecule has 0 saturated carbocycles. The topological polar surface area (TPSA) is 210 Å². The quantitative estimate of drug-likeness (QED) is 0.0685. The molecule has 18 heteroatoms. The lowest BCUT2D eigenvalue weighted by Crippen LogP contribution is -2.04. The number of benzene rings is 6. The third-order valence-electron chi connectivity index (χ3n) is 7.43. The predicted molar refractivity (Wildman–Crippen MR) is 207 cm³/mol. The van der Waals surface area contributed by atoms with Crippen LogP contribution in [-0.2, 0) is 20.2 Å². The summed E-state index contributed by atoms with van der Waals surface area (Å²) in [7, 11) is -9.33. The first kappa shape index (κ1) is 36.2. The summed E-state index contributed by atoms with van der Waals surface area (Å²) in [6.07, 6.45) is 0. The zero-order chi connectivity index (χ0) is 36.1. The summed E-state index contributed by atoms with van der Waals surface area (Å²) in [6, 6.07) is 23.5. The van der Waals surface area contributed by atoms with Gasteiger partial charge in [-0.15, -0.1) is 20.5 Å². The summed E-state index contributed by atoms with van der Waals surface area (Å²) in [5, 5.41) is 18.6. The van der Waals surface area contributed by atoms with Crippen LogP contribution in [0.3, 0.4) is 0 Å². The van der Waals surface area contributed by atoms with Crippen molar-refractivity contribution in [3.8, 4) is 11.1 Å². The van der Waals surface area contributed by atoms with Gasteiger partial charge in [-0.05, 0) is 122 Å². The van der Waals surface area contributed by atoms with E-state index in [1.807, 2.05) is 0 Å². The summed E-state index contributed by atoms with van der Waals surface area (Å²) in [5.41, 5.74) is 14.2. The van der Waals surface area contributed by atoms with Crippen molar-refractivity contribution in [1.29, 1.82) is 0 Å². The van der Waals surface area contributed by atoms with E-state index in [9.17, 15) is 25.9 Å². The minimum Gasteiger partial charge on any atom is -0.396 e. The van der Waals surface area contributed by atoms with Gasteiger partial charge in [-0.25, -0.2) is 0 Å². The minimum absolute atomic E-state index is 0.0523. The van der Waals surface area contributed by atoms with E-state index in [-0.39, 0.29) is 33.5 Å². The summed E-state index contributed by atoms with van der Waals surface area (Å²) >= 11 is 14.2. The molecule has 0 heterocycles. The van der Waals surface area contributed by atoms with Crippen LogP contribution >= 0.6 is 63.7 Å². The minimum atomic E-state index is -4.67. The number of azo groups is 2. The van der Waals surface area contributed by atoms with Crippen LogP contribution in [-0.4, -0.2) is 25.9 Å². The normalized spacial score (nSPS) is 12.5. The Kier molecular flexibility index (Phi) is 10.0. The SMILES string of the molecule is Nc1c(N=Nc2c(Br)cc(-c3cc(Br)c(N=Nc4cc5ccccc5c(S(=O)(=O)O)c4N)c(Br)c3)cc2Br)cc2ccccc2c1S(=O)(=O)O. The van der Waals surface area contributed by atoms with Gasteiger partial charge in [-0.3, -0.25) is 9.11 Å². The van der Waals surface area contributed by atoms with E-state index in [1.54, 1.807) is 72.8 Å². The number of nitrogens with two attached hydrogens (primary N) is 2. The lowest BCUT2D eigenvalue weighted by atomic mass is 10.1. The second-order valence-corrected chi connectivity index (χ2v) is 16.8. The highest BCUT2D eigenvalue weighted by atomic mass is 79.9. The molecule has 0 bridgehead atoms. The fourth-order valence-corrected chi connectivity index (χ4v) is 9.60. The van der Waals surface area contributed by atoms with Gasteiger partial charge < -0.3 is 11.5 Å². The standard InChI is InChI=1S/C32H20Br4N6O6S2/c33-21-9-17(10-22(34)29(21)41-39-25-13-15-5-1-3-7-19(15)31(27(25)37)49(43,44)45)18-11-23(35)30(24(36)12-18)42-40-26-14-16-6-2-4-8-20(16)32(28(26)38)50(46,47)48/h1-14H,37-38H2,(H,43,44,45)(H,46,47,48). The van der Waals surface area contributed by atoms with Crippen molar-refractivity contribution >= 4 is 140 Å². The molecule has 0 aliphatic rings. The van der Waals surface area contributed by atoms with Crippen molar-refractivity contribution in [2.24, 2.45) is 20.5 Å². The molecule has 0 unspecified atom stereocenters. The summed E-state index contributed by atoms with van der Waals surface area (Å²) < 4.78 is 70.6. The van der Waals surface area contributed by atoms with Gasteiger partial charge in [0.25, 0.3) is 20.2 Å². The first-order chi connectivity index (χ1) is 23.5. The molecule has 0 spiro atoms. The summed E-state index contributed by atoms with van der Waals surface area (Å²) in [4.78, 5) is -0.887. The molecule has 0 amide bonds. The van der Waals surface area contributed by atoms with Gasteiger partial charge in [0, 0.05) is 28.7 Å². The largest absolute Gasteiger partial charge is 0.396 e. The van der Waals surface area contributed by atoms with Crippen LogP contribution in [0.5, 0.6) is 0 Å². The smallest absolute Gasteiger partial charge is 0.297 e. The number of hydrogen-bond donors (Lipinski definition) is 4. The maximum absolute atomic E-state index is 12.2. The third-order valence-corrected chi connectivity index (χ3v) is 11.8. The molecule has 0 aromatic heterocycles. The lowest BCUT2D eigenvalue weighted by molar-refractivity contribution is 0.482. The van der Waals surface area contributed by atoms with E-state index in [0.29, 0.717) is 40.0 Å². The molecule has 6 aromatic rings. The first-order valence-electron chi connectivity index (χ1n) is 13.9. The molecule has 0 saturated heterocycles. The van der Waals surface area contributed by atoms with Crippen LogP contribution < -0.4 is 11.5 Å². The molecule has 6 aromatic carbocycles. The number of nitrogen functional groups attached to an aromatic ring is 2. The Morgan fingerprint density at radius 2 is 0.820 bits per heavy atom. The van der Waals surface area contributed by atoms with E-state index in [1.165, 1.54) is 12.1 Å². The predicted octanol–water partition coefficient (Wildman–Crippen LogP) is 11.2. The van der Waals surface area contributed by atoms with Gasteiger partial charge >= 0.3 is 0 Å². The molecule has 6 rings (SSSR count). The van der Waals surface area contributed by atoms with Crippen molar-refractivity contribution in [2.75, 3.05) is 11.5 Å². The number of hydrogen-bond acceptors (Lipinski definition) is 10. The van der Waals surface area contributed by atoms with Gasteiger partial charge in [0.05, 0.1) is 11.4 Å². The highest BCUT2D eigenvalue weighted by Gasteiger charge is 2.23. The monoisotopic (exact) mass is 964 g/mol. The number of halogens is 4. The van der Waals surface area contributed by atoms with Crippen molar-refractivity contribution in [3.63, 3.8) is 0 Å². The van der Waals surface area contributed by atoms with Crippen molar-refractivity contribution in [1.82, 2.24) is 0 Å². The molecule has 0 atom stereocenters. The number of anilines is 2. The molecule has 0 aliphatic carbocycles. The van der Waals surface area contributed by atoms with E-state index >= 15 is 0 Å². The molecule has 0 fully saturated rings. The molecule has 254 valence electrons. The lowest BCUT2D eigenvalue weighted by Gasteiger charge is -2.11. The van der Waals surface area contributed by atoms with E-state index in [2.05, 4.69) is 84.2 Å². The van der Waals surface area contributed by atoms with Crippen LogP contribution in [0.25, 0.3) is 32.7 Å². The zero-order valence-electron chi connectivity index (χ0n) is 24.9. The van der Waals surface area contributed by atoms with Crippen LogP contribution in [0, 0.1) is 0 Å². The average molecular weight is 968 g/mol. The average Bonchev–Trinajstić information content (AvgIpc) is 3.02. The van der Waals surface area contributed by atoms with Crippen molar-refractivity contribution < 1.29 is 25.9 Å². The fraction of sp³-hybridized carbons (Fsp3) is 0. The van der Waals surface area contributed by atoms with Crippen molar-refractivity contribution in [3.05, 3.63) is 103 Å². The van der Waals surface area contributed by atoms with E-state index in [0.717, 1.165) is 11.1 Å². The molecular weight excluding hydrogens is 948 g/mol. The Morgan fingerprint density at radius 3 is 1.14 bits per heavy atom. The highest BCUT2D eigenvalue weighted by molar-refractivity contribution is 9.11. The Balaban J connectivity index is 1.34. The van der Waals surface area contributed by atoms with Crippen LogP contribution in [0.15, 0.2) is 133 Å². The summed E-state index contributed by atoms with van der Waals surface area (Å²) in [5.74, 6) is 0. The number of fused-ring (bicyclic) bond motifs is 2. The molecule has 0 aliphatic heterocycles. The molecule has 12 nitrogen and oxygen atoms in total. The van der Waals surface area contributed by atoms with Gasteiger partial charge in [-0.1, -0.05) is 48.5 Å². The molecular formula is C32H20Br4N6O6S2. The van der Waals surface area contributed by atoms with Gasteiger partial charge in [0.15, 0.2) is 0 Å². The van der Waals surface area contributed by atoms with E-state index < -0.39 is 30.0 Å². The second-order valence-electron chi connectivity index (χ2n) is 10.6. The Hall–Kier alpha value is -3.62. The zero-order valence-corrected chi connectivity index (χ0v) is 32.9. The Bertz CT molecular complexity index is 2460. The van der Waals surface area contributed by atoms with Crippen molar-refractivity contribution in [2.45, 2.75) is 9.79 Å². The van der Waals surface area contributed by atoms with Crippen LogP contribution in [0.2, 0.25) is 0 Å². The maximum Gasteiger partial charge on any atom is 0.297 e. The molecule has 0 radical (unpaired) electrons. The third kappa shape index (κ3) is 7.11. The second kappa shape index (κ2) is 13.8. The molecule has 50 heavy (non-hydrogen) atoms. The maximum atomic E-state index is 12.2. The highest BCUT2D eigenvalue weighted by Crippen LogP contribution is 2.45. The Labute approximate surface area is 318 Å². The number of rotatable bonds is 7. The molecule has 6 N–H and O–H groups in total. The Morgan fingerprint density at radius 1 is 0.500 bits per heavy atom.